The van der Waals surface area contributed by atoms with Crippen molar-refractivity contribution in [2.75, 3.05) is 12.3 Å². The van der Waals surface area contributed by atoms with Gasteiger partial charge in [-0.1, -0.05) is 5.21 Å². The molecule has 0 saturated carbocycles. The Kier molecular flexibility index (Phi) is 14.0. The molecule has 3 aromatic rings. The van der Waals surface area contributed by atoms with Crippen LogP contribution in [0.4, 0.5) is 5.95 Å². The van der Waals surface area contributed by atoms with Crippen LogP contribution in [-0.2, 0) is 44.1 Å². The Morgan fingerprint density at radius 2 is 1.67 bits per heavy atom. The summed E-state index contributed by atoms with van der Waals surface area (Å²) in [7, 11) is -11.8. The molecule has 0 amide bonds. The van der Waals surface area contributed by atoms with E-state index in [4.69, 9.17) is 15.2 Å². The molecule has 9 N–H and O–H groups in total. The van der Waals surface area contributed by atoms with Crippen molar-refractivity contribution in [3.05, 3.63) is 28.6 Å². The molecule has 2 unspecified atom stereocenters. The van der Waals surface area contributed by atoms with Gasteiger partial charge in [0, 0.05) is 0 Å². The summed E-state index contributed by atoms with van der Waals surface area (Å²) >= 11 is 0. The molecule has 5 heterocycles. The number of aliphatic hydroxyl groups excluding tert-OH is 5. The number of nitrogens with zero attached hydrogens (tertiary/aromatic N) is 6. The summed E-state index contributed by atoms with van der Waals surface area (Å²) < 4.78 is 50.8. The number of hydrogen-bond donors (Lipinski definition) is 8. The van der Waals surface area contributed by atoms with Gasteiger partial charge < -0.3 is 60.2 Å². The van der Waals surface area contributed by atoms with Gasteiger partial charge in [0.2, 0.25) is 5.95 Å². The maximum Gasteiger partial charge on any atom is 1.00 e. The molecule has 24 nitrogen and oxygen atoms in total. The Morgan fingerprint density at radius 3 is 2.31 bits per heavy atom. The number of nitrogen functional groups attached to an aromatic ring is 1. The molecule has 2 fully saturated rings. The van der Waals surface area contributed by atoms with Crippen molar-refractivity contribution >= 4 is 32.8 Å². The summed E-state index contributed by atoms with van der Waals surface area (Å²) in [6.45, 7) is 1.35. The second-order valence-electron chi connectivity index (χ2n) is 11.1. The number of aromatic nitrogens is 7. The first-order chi connectivity index (χ1) is 21.8. The first-order valence-corrected chi connectivity index (χ1v) is 16.4. The van der Waals surface area contributed by atoms with Crippen molar-refractivity contribution in [3.63, 3.8) is 0 Å². The number of phosphoric acid groups is 2. The molecule has 0 aromatic carbocycles. The average Bonchev–Trinajstić information content (AvgIpc) is 3.67. The number of ether oxygens (including phenoxy) is 2. The predicted molar refractivity (Wildman–Crippen MR) is 144 cm³/mol. The van der Waals surface area contributed by atoms with Crippen LogP contribution in [0.15, 0.2) is 17.3 Å². The number of nitrogens with two attached hydrogens (primary N) is 1. The van der Waals surface area contributed by atoms with Gasteiger partial charge in [-0.15, -0.1) is 5.10 Å². The Balaban J connectivity index is 0.00000325. The third-order valence-corrected chi connectivity index (χ3v) is 9.62. The largest absolute Gasteiger partial charge is 1.00 e. The van der Waals surface area contributed by atoms with Crippen LogP contribution >= 0.6 is 15.6 Å². The molecule has 2 aliphatic heterocycles. The first kappa shape index (κ1) is 42.6. The van der Waals surface area contributed by atoms with Crippen LogP contribution in [0.5, 0.6) is 0 Å². The number of nitrogens with one attached hydrogen (secondary N) is 1. The first-order valence-electron chi connectivity index (χ1n) is 13.5. The number of rotatable bonds is 11. The van der Waals surface area contributed by atoms with E-state index in [0.717, 1.165) is 15.6 Å². The number of phosphoric ester groups is 2. The number of anilines is 1. The van der Waals surface area contributed by atoms with Gasteiger partial charge in [0.15, 0.2) is 23.7 Å². The van der Waals surface area contributed by atoms with Gasteiger partial charge in [-0.05, 0) is 13.8 Å². The SMILES string of the molecule is CC(C)(O)c1cn(C[C@@H]2O[C@H](OP(=O)([O-])OP(=O)([O-])OC[C@H]3O[C@@H](n4cnc5c(=O)[nH]c(N)nc54)[C@H](O)[C@@H]3O)[C@@H](O)[C@H](O)[C@@H]2O)nn1.[Na+].[Na+]. The van der Waals surface area contributed by atoms with E-state index in [1.807, 2.05) is 0 Å². The van der Waals surface area contributed by atoms with Crippen LogP contribution < -0.4 is 80.2 Å². The number of fused-ring (bicyclic) bond motifs is 1. The van der Waals surface area contributed by atoms with Crippen molar-refractivity contribution in [2.45, 2.75) is 81.2 Å². The summed E-state index contributed by atoms with van der Waals surface area (Å²) in [5, 5.41) is 69.3. The number of aromatic amines is 1. The molecule has 0 spiro atoms. The second kappa shape index (κ2) is 16.1. The topological polar surface area (TPSA) is 368 Å². The van der Waals surface area contributed by atoms with E-state index in [-0.39, 0.29) is 81.9 Å². The number of H-pyrrole nitrogens is 1. The van der Waals surface area contributed by atoms with Crippen LogP contribution in [0.2, 0.25) is 0 Å². The van der Waals surface area contributed by atoms with Crippen molar-refractivity contribution < 1.29 is 132 Å². The fourth-order valence-electron chi connectivity index (χ4n) is 4.69. The van der Waals surface area contributed by atoms with Crippen LogP contribution in [0.3, 0.4) is 0 Å². The van der Waals surface area contributed by atoms with E-state index >= 15 is 0 Å². The molecule has 2 saturated heterocycles. The monoisotopic (exact) mass is 758 g/mol. The van der Waals surface area contributed by atoms with E-state index in [1.165, 1.54) is 20.0 Å². The molecule has 0 bridgehead atoms. The summed E-state index contributed by atoms with van der Waals surface area (Å²) in [5.74, 6) is -0.297. The van der Waals surface area contributed by atoms with Gasteiger partial charge in [0.1, 0.15) is 54.0 Å². The minimum Gasteiger partial charge on any atom is -0.756 e. The summed E-state index contributed by atoms with van der Waals surface area (Å²) in [4.78, 5) is 46.9. The van der Waals surface area contributed by atoms with Crippen LogP contribution in [0, 0.1) is 0 Å². The Morgan fingerprint density at radius 1 is 1.02 bits per heavy atom. The quantitative estimate of drug-likeness (QED) is 0.0664. The van der Waals surface area contributed by atoms with Gasteiger partial charge in [0.25, 0.3) is 21.2 Å². The minimum atomic E-state index is -5.98. The van der Waals surface area contributed by atoms with E-state index < -0.39 is 95.2 Å². The van der Waals surface area contributed by atoms with Crippen LogP contribution in [-0.4, -0.2) is 121 Å². The zero-order chi connectivity index (χ0) is 34.6. The molecular formula is C21H30N8Na2O16P2. The van der Waals surface area contributed by atoms with Crippen molar-refractivity contribution in [1.29, 1.82) is 0 Å². The maximum absolute atomic E-state index is 12.5. The molecule has 262 valence electrons. The Bertz CT molecular complexity index is 1760. The fourth-order valence-corrected chi connectivity index (χ4v) is 6.77. The van der Waals surface area contributed by atoms with Gasteiger partial charge in [-0.3, -0.25) is 28.0 Å². The van der Waals surface area contributed by atoms with Crippen LogP contribution in [0.25, 0.3) is 11.2 Å². The number of hydrogen-bond acceptors (Lipinski definition) is 21. The smallest absolute Gasteiger partial charge is 0.756 e. The predicted octanol–water partition coefficient (Wildman–Crippen LogP) is -11.4. The van der Waals surface area contributed by atoms with Crippen molar-refractivity contribution in [1.82, 2.24) is 34.5 Å². The summed E-state index contributed by atoms with van der Waals surface area (Å²) in [6.07, 6.45) is -14.2. The summed E-state index contributed by atoms with van der Waals surface area (Å²) in [6, 6.07) is 0. The molecular weight excluding hydrogens is 728 g/mol. The number of imidazole rings is 1. The van der Waals surface area contributed by atoms with E-state index in [1.54, 1.807) is 0 Å². The molecule has 11 atom stereocenters. The van der Waals surface area contributed by atoms with Gasteiger partial charge >= 0.3 is 59.1 Å². The molecule has 2 aliphatic rings. The van der Waals surface area contributed by atoms with Crippen molar-refractivity contribution in [3.8, 4) is 0 Å². The standard InChI is InChI=1S/C21H32N8O16P2.2Na/c1-21(2,36)9-4-28(27-26-9)3-7-11(30)13(32)15(34)19(43-7)44-47(39,40)45-46(37,38)41-5-8-12(31)14(33)18(42-8)29-6-23-10-16(29)24-20(22)25-17(10)35;;/h4,6-8,11-15,18-19,30-34,36H,3,5H2,1-2H3,(H,37,38)(H,39,40)(H3,22,24,25,35);;/q;2*+1/p-2/t7-,8+,11+,12+,13+,14+,15-,18+,19+;;/m0../s1. The van der Waals surface area contributed by atoms with E-state index in [2.05, 4.69) is 38.6 Å². The second-order valence-corrected chi connectivity index (χ2v) is 14.0. The normalized spacial score (nSPS) is 31.4. The summed E-state index contributed by atoms with van der Waals surface area (Å²) in [5.41, 5.74) is 3.23. The molecule has 0 radical (unpaired) electrons. The third kappa shape index (κ3) is 9.62. The average molecular weight is 758 g/mol. The van der Waals surface area contributed by atoms with Gasteiger partial charge in [0.05, 0.1) is 25.7 Å². The molecule has 49 heavy (non-hydrogen) atoms. The van der Waals surface area contributed by atoms with Crippen LogP contribution in [0.1, 0.15) is 25.8 Å². The fraction of sp³-hybridized carbons (Fsp3) is 0.667. The molecule has 28 heteroatoms. The molecule has 3 aromatic heterocycles. The molecule has 0 aliphatic carbocycles. The van der Waals surface area contributed by atoms with Gasteiger partial charge in [-0.2, -0.15) is 4.98 Å². The van der Waals surface area contributed by atoms with Gasteiger partial charge in [-0.25, -0.2) is 14.0 Å². The third-order valence-electron chi connectivity index (χ3n) is 7.09. The van der Waals surface area contributed by atoms with Crippen molar-refractivity contribution in [2.24, 2.45) is 0 Å². The Hall–Kier alpha value is -0.770. The van der Waals surface area contributed by atoms with E-state index in [0.29, 0.717) is 0 Å². The van der Waals surface area contributed by atoms with E-state index in [9.17, 15) is 54.4 Å². The Labute approximate surface area is 318 Å². The zero-order valence-corrected chi connectivity index (χ0v) is 32.0. The number of aliphatic hydroxyl groups is 6. The molecule has 5 rings (SSSR count). The maximum atomic E-state index is 12.5. The minimum absolute atomic E-state index is 0. The zero-order valence-electron chi connectivity index (χ0n) is 26.2.